The predicted molar refractivity (Wildman–Crippen MR) is 112 cm³/mol. The maximum atomic E-state index is 13.0. The summed E-state index contributed by atoms with van der Waals surface area (Å²) in [7, 11) is 4.81. The van der Waals surface area contributed by atoms with Crippen molar-refractivity contribution >= 4 is 23.2 Å². The molecule has 0 bridgehead atoms. The first-order chi connectivity index (χ1) is 13.6. The molecule has 3 aromatic rings. The van der Waals surface area contributed by atoms with E-state index in [9.17, 15) is 4.79 Å². The Bertz CT molecular complexity index is 1060. The molecule has 1 heterocycles. The number of allylic oxidation sites excluding steroid dienone is 1. The van der Waals surface area contributed by atoms with Gasteiger partial charge in [0.05, 0.1) is 21.3 Å². The average molecular weight is 392 g/mol. The molecule has 0 radical (unpaired) electrons. The fourth-order valence-corrected chi connectivity index (χ4v) is 4.21. The molecule has 1 aliphatic carbocycles. The second-order valence-electron chi connectivity index (χ2n) is 6.47. The molecular weight excluding hydrogens is 372 g/mol. The smallest absolute Gasteiger partial charge is 0.189 e. The summed E-state index contributed by atoms with van der Waals surface area (Å²) in [5.74, 6) is 1.95. The van der Waals surface area contributed by atoms with Crippen LogP contribution in [0.15, 0.2) is 53.4 Å². The Labute approximate surface area is 168 Å². The molecular formula is C23H20O4S. The van der Waals surface area contributed by atoms with Crippen LogP contribution in [0, 0.1) is 0 Å². The summed E-state index contributed by atoms with van der Waals surface area (Å²) in [5.41, 5.74) is 4.34. The van der Waals surface area contributed by atoms with Crippen LogP contribution < -0.4 is 14.2 Å². The summed E-state index contributed by atoms with van der Waals surface area (Å²) in [4.78, 5) is 14.2. The summed E-state index contributed by atoms with van der Waals surface area (Å²) in [6.45, 7) is 0. The van der Waals surface area contributed by atoms with E-state index < -0.39 is 0 Å². The van der Waals surface area contributed by atoms with Crippen molar-refractivity contribution in [2.75, 3.05) is 21.3 Å². The Kier molecular flexibility index (Phi) is 4.92. The summed E-state index contributed by atoms with van der Waals surface area (Å²) in [6.07, 6.45) is 2.48. The fraction of sp³-hybridized carbons (Fsp3) is 0.174. The SMILES string of the molecule is COc1ccc(-c2cccs2)cc1C=C1Cc2cc(OC)c(OC)cc2C1=O. The lowest BCUT2D eigenvalue weighted by Crippen LogP contribution is -1.98. The van der Waals surface area contributed by atoms with Crippen LogP contribution in [0.25, 0.3) is 16.5 Å². The van der Waals surface area contributed by atoms with Gasteiger partial charge < -0.3 is 14.2 Å². The minimum absolute atomic E-state index is 0.0135. The lowest BCUT2D eigenvalue weighted by atomic mass is 10.0. The number of rotatable bonds is 5. The van der Waals surface area contributed by atoms with E-state index in [4.69, 9.17) is 14.2 Å². The summed E-state index contributed by atoms with van der Waals surface area (Å²) in [5, 5.41) is 2.05. The third-order valence-corrected chi connectivity index (χ3v) is 5.81. The van der Waals surface area contributed by atoms with Crippen molar-refractivity contribution in [2.24, 2.45) is 0 Å². The van der Waals surface area contributed by atoms with E-state index in [2.05, 4.69) is 17.5 Å². The number of ether oxygens (including phenoxy) is 3. The van der Waals surface area contributed by atoms with Gasteiger partial charge in [-0.25, -0.2) is 0 Å². The van der Waals surface area contributed by atoms with Crippen LogP contribution in [-0.2, 0) is 6.42 Å². The first-order valence-corrected chi connectivity index (χ1v) is 9.74. The van der Waals surface area contributed by atoms with E-state index in [0.29, 0.717) is 23.5 Å². The molecule has 0 aliphatic heterocycles. The molecule has 0 spiro atoms. The topological polar surface area (TPSA) is 44.8 Å². The third-order valence-electron chi connectivity index (χ3n) is 4.89. The van der Waals surface area contributed by atoms with E-state index in [1.54, 1.807) is 38.7 Å². The van der Waals surface area contributed by atoms with Gasteiger partial charge in [-0.1, -0.05) is 6.07 Å². The second kappa shape index (κ2) is 7.52. The Morgan fingerprint density at radius 3 is 2.36 bits per heavy atom. The first-order valence-electron chi connectivity index (χ1n) is 8.86. The normalized spacial score (nSPS) is 14.2. The monoisotopic (exact) mass is 392 g/mol. The largest absolute Gasteiger partial charge is 0.496 e. The molecule has 2 aromatic carbocycles. The van der Waals surface area contributed by atoms with Crippen LogP contribution in [-0.4, -0.2) is 27.1 Å². The van der Waals surface area contributed by atoms with Gasteiger partial charge in [-0.3, -0.25) is 4.79 Å². The molecule has 4 rings (SSSR count). The Balaban J connectivity index is 1.75. The zero-order valence-corrected chi connectivity index (χ0v) is 16.8. The van der Waals surface area contributed by atoms with Gasteiger partial charge in [0, 0.05) is 28.0 Å². The maximum Gasteiger partial charge on any atom is 0.189 e. The van der Waals surface area contributed by atoms with Crippen molar-refractivity contribution in [3.8, 4) is 27.7 Å². The number of benzene rings is 2. The van der Waals surface area contributed by atoms with Gasteiger partial charge >= 0.3 is 0 Å². The van der Waals surface area contributed by atoms with Gasteiger partial charge in [-0.05, 0) is 59.0 Å². The summed E-state index contributed by atoms with van der Waals surface area (Å²) >= 11 is 1.68. The zero-order valence-electron chi connectivity index (χ0n) is 15.9. The van der Waals surface area contributed by atoms with Crippen LogP contribution in [0.2, 0.25) is 0 Å². The predicted octanol–water partition coefficient (Wildman–Crippen LogP) is 5.26. The van der Waals surface area contributed by atoms with Gasteiger partial charge in [-0.15, -0.1) is 11.3 Å². The van der Waals surface area contributed by atoms with Crippen LogP contribution in [0.5, 0.6) is 17.2 Å². The average Bonchev–Trinajstić information content (AvgIpc) is 3.36. The van der Waals surface area contributed by atoms with Crippen molar-refractivity contribution in [2.45, 2.75) is 6.42 Å². The summed E-state index contributed by atoms with van der Waals surface area (Å²) < 4.78 is 16.2. The molecule has 28 heavy (non-hydrogen) atoms. The standard InChI is InChI=1S/C23H20O4S/c1-25-19-7-6-14(22-5-4-8-28-22)9-16(19)11-17-10-15-12-20(26-2)21(27-3)13-18(15)23(17)24/h4-9,11-13H,10H2,1-3H3. The van der Waals surface area contributed by atoms with Crippen molar-refractivity contribution in [3.05, 3.63) is 70.1 Å². The molecule has 0 saturated heterocycles. The molecule has 1 aliphatic rings. The zero-order chi connectivity index (χ0) is 19.7. The number of hydrogen-bond donors (Lipinski definition) is 0. The highest BCUT2D eigenvalue weighted by Gasteiger charge is 2.27. The molecule has 0 saturated carbocycles. The van der Waals surface area contributed by atoms with Gasteiger partial charge in [0.2, 0.25) is 0 Å². The van der Waals surface area contributed by atoms with Crippen LogP contribution >= 0.6 is 11.3 Å². The Morgan fingerprint density at radius 2 is 1.68 bits per heavy atom. The minimum Gasteiger partial charge on any atom is -0.496 e. The number of Topliss-reactive ketones (excluding diaryl/α,β-unsaturated/α-hetero) is 1. The van der Waals surface area contributed by atoms with E-state index in [1.807, 2.05) is 30.3 Å². The maximum absolute atomic E-state index is 13.0. The highest BCUT2D eigenvalue weighted by Crippen LogP contribution is 2.38. The highest BCUT2D eigenvalue weighted by molar-refractivity contribution is 7.13. The molecule has 1 aromatic heterocycles. The molecule has 0 fully saturated rings. The fourth-order valence-electron chi connectivity index (χ4n) is 3.48. The van der Waals surface area contributed by atoms with Gasteiger partial charge in [0.1, 0.15) is 5.75 Å². The molecule has 142 valence electrons. The number of methoxy groups -OCH3 is 3. The van der Waals surface area contributed by atoms with Crippen molar-refractivity contribution < 1.29 is 19.0 Å². The second-order valence-corrected chi connectivity index (χ2v) is 7.42. The highest BCUT2D eigenvalue weighted by atomic mass is 32.1. The van der Waals surface area contributed by atoms with E-state index in [1.165, 1.54) is 4.88 Å². The van der Waals surface area contributed by atoms with Gasteiger partial charge in [-0.2, -0.15) is 0 Å². The lowest BCUT2D eigenvalue weighted by Gasteiger charge is -2.08. The van der Waals surface area contributed by atoms with Gasteiger partial charge in [0.15, 0.2) is 17.3 Å². The summed E-state index contributed by atoms with van der Waals surface area (Å²) in [6, 6.07) is 13.8. The third kappa shape index (κ3) is 3.18. The molecule has 0 atom stereocenters. The molecule has 0 unspecified atom stereocenters. The molecule has 0 N–H and O–H groups in total. The van der Waals surface area contributed by atoms with Crippen LogP contribution in [0.1, 0.15) is 21.5 Å². The lowest BCUT2D eigenvalue weighted by molar-refractivity contribution is 0.104. The number of carbonyl (C=O) groups is 1. The number of thiophene rings is 1. The van der Waals surface area contributed by atoms with Crippen molar-refractivity contribution in [3.63, 3.8) is 0 Å². The number of ketones is 1. The van der Waals surface area contributed by atoms with Crippen molar-refractivity contribution in [1.82, 2.24) is 0 Å². The number of fused-ring (bicyclic) bond motifs is 1. The molecule has 4 nitrogen and oxygen atoms in total. The molecule has 5 heteroatoms. The van der Waals surface area contributed by atoms with Crippen LogP contribution in [0.4, 0.5) is 0 Å². The minimum atomic E-state index is 0.0135. The van der Waals surface area contributed by atoms with Crippen LogP contribution in [0.3, 0.4) is 0 Å². The quantitative estimate of drug-likeness (QED) is 0.556. The first kappa shape index (κ1) is 18.3. The Morgan fingerprint density at radius 1 is 0.929 bits per heavy atom. The van der Waals surface area contributed by atoms with E-state index in [-0.39, 0.29) is 5.78 Å². The number of carbonyl (C=O) groups excluding carboxylic acids is 1. The van der Waals surface area contributed by atoms with Crippen molar-refractivity contribution in [1.29, 1.82) is 0 Å². The van der Waals surface area contributed by atoms with E-state index >= 15 is 0 Å². The Hall–Kier alpha value is -3.05. The number of hydrogen-bond acceptors (Lipinski definition) is 5. The van der Waals surface area contributed by atoms with E-state index in [0.717, 1.165) is 28.0 Å². The van der Waals surface area contributed by atoms with Gasteiger partial charge in [0.25, 0.3) is 0 Å². The molecule has 0 amide bonds.